The zero-order valence-electron chi connectivity index (χ0n) is 20.5. The average molecular weight is 494 g/mol. The van der Waals surface area contributed by atoms with Crippen molar-refractivity contribution in [3.05, 3.63) is 40.6 Å². The van der Waals surface area contributed by atoms with E-state index in [4.69, 9.17) is 9.47 Å². The topological polar surface area (TPSA) is 124 Å². The van der Waals surface area contributed by atoms with Gasteiger partial charge in [-0.1, -0.05) is 0 Å². The summed E-state index contributed by atoms with van der Waals surface area (Å²) in [4.78, 5) is 35.8. The molecule has 36 heavy (non-hydrogen) atoms. The lowest BCUT2D eigenvalue weighted by molar-refractivity contribution is -0.0325. The third-order valence-corrected chi connectivity index (χ3v) is 7.66. The molecule has 11 nitrogen and oxygen atoms in total. The maximum absolute atomic E-state index is 13.7. The van der Waals surface area contributed by atoms with Gasteiger partial charge in [-0.25, -0.2) is 19.3 Å². The highest BCUT2D eigenvalue weighted by Crippen LogP contribution is 2.32. The minimum atomic E-state index is -0.301. The number of nitrogens with zero attached hydrogens (tertiary/aromatic N) is 4. The summed E-state index contributed by atoms with van der Waals surface area (Å²) in [6.45, 7) is 0.344. The molecule has 0 spiro atoms. The lowest BCUT2D eigenvalue weighted by Gasteiger charge is -2.37. The monoisotopic (exact) mass is 493 g/mol. The number of ether oxygens (including phenoxy) is 2. The van der Waals surface area contributed by atoms with Gasteiger partial charge in [0.25, 0.3) is 5.56 Å². The first-order valence-corrected chi connectivity index (χ1v) is 12.6. The second kappa shape index (κ2) is 9.21. The van der Waals surface area contributed by atoms with Crippen LogP contribution in [0.1, 0.15) is 50.1 Å². The number of fused-ring (bicyclic) bond motifs is 4. The Hall–Kier alpha value is -3.44. The first-order chi connectivity index (χ1) is 17.5. The Morgan fingerprint density at radius 2 is 2.08 bits per heavy atom. The van der Waals surface area contributed by atoms with Crippen molar-refractivity contribution in [3.8, 4) is 0 Å². The van der Waals surface area contributed by atoms with Gasteiger partial charge in [0, 0.05) is 32.5 Å². The number of nitrogens with one attached hydrogen (secondary N) is 3. The van der Waals surface area contributed by atoms with E-state index in [1.807, 2.05) is 16.8 Å². The van der Waals surface area contributed by atoms with Gasteiger partial charge in [-0.15, -0.1) is 0 Å². The number of hydrogen-bond acceptors (Lipinski definition) is 8. The van der Waals surface area contributed by atoms with Crippen molar-refractivity contribution in [1.29, 1.82) is 0 Å². The summed E-state index contributed by atoms with van der Waals surface area (Å²) in [7, 11) is 3.52. The quantitative estimate of drug-likeness (QED) is 0.508. The van der Waals surface area contributed by atoms with Crippen LogP contribution in [0, 0.1) is 0 Å². The molecule has 3 aromatic rings. The van der Waals surface area contributed by atoms with Gasteiger partial charge in [-0.05, 0) is 50.2 Å². The minimum Gasteiger partial charge on any atom is -0.386 e. The molecule has 1 aliphatic heterocycles. The maximum Gasteiger partial charge on any atom is 0.328 e. The van der Waals surface area contributed by atoms with Crippen LogP contribution in [0.4, 0.5) is 22.0 Å². The smallest absolute Gasteiger partial charge is 0.328 e. The molecule has 0 unspecified atom stereocenters. The van der Waals surface area contributed by atoms with Gasteiger partial charge < -0.3 is 30.0 Å². The van der Waals surface area contributed by atoms with E-state index in [1.54, 1.807) is 20.2 Å². The molecule has 0 radical (unpaired) electrons. The number of rotatable bonds is 3. The number of anilines is 3. The fourth-order valence-electron chi connectivity index (χ4n) is 5.48. The van der Waals surface area contributed by atoms with Crippen molar-refractivity contribution >= 4 is 34.4 Å². The SMILES string of the molecule is CNc1cc2nc3c1ncn3C(=O)N[C@@H]1CC[C@H]1OCc1cc(c(=O)n([C@H]3CCC[C@@H](OC)C3)c1)N2. The second-order valence-corrected chi connectivity index (χ2v) is 9.85. The highest BCUT2D eigenvalue weighted by Gasteiger charge is 2.34. The maximum atomic E-state index is 13.7. The normalized spacial score (nSPS) is 25.9. The van der Waals surface area contributed by atoms with Crippen LogP contribution in [0.3, 0.4) is 0 Å². The number of methoxy groups -OCH3 is 1. The van der Waals surface area contributed by atoms with E-state index in [2.05, 4.69) is 25.9 Å². The molecule has 0 saturated heterocycles. The molecule has 4 heterocycles. The van der Waals surface area contributed by atoms with Crippen molar-refractivity contribution in [2.75, 3.05) is 24.8 Å². The van der Waals surface area contributed by atoms with Crippen molar-refractivity contribution in [1.82, 2.24) is 24.4 Å². The zero-order valence-corrected chi connectivity index (χ0v) is 20.5. The molecule has 1 amide bonds. The number of carbonyl (C=O) groups excluding carboxylic acids is 1. The Balaban J connectivity index is 1.47. The number of imidazole rings is 1. The van der Waals surface area contributed by atoms with Gasteiger partial charge in [0.05, 0.1) is 30.5 Å². The second-order valence-electron chi connectivity index (χ2n) is 9.85. The highest BCUT2D eigenvalue weighted by molar-refractivity contribution is 5.94. The largest absolute Gasteiger partial charge is 0.386 e. The number of amides is 1. The predicted molar refractivity (Wildman–Crippen MR) is 135 cm³/mol. The van der Waals surface area contributed by atoms with Gasteiger partial charge in [-0.3, -0.25) is 4.79 Å². The molecule has 3 aromatic heterocycles. The highest BCUT2D eigenvalue weighted by atomic mass is 16.5. The summed E-state index contributed by atoms with van der Waals surface area (Å²) in [5.74, 6) is 0.445. The van der Waals surface area contributed by atoms with Crippen molar-refractivity contribution in [2.45, 2.75) is 69.4 Å². The van der Waals surface area contributed by atoms with Gasteiger partial charge >= 0.3 is 6.03 Å². The van der Waals surface area contributed by atoms with Crippen LogP contribution in [0.5, 0.6) is 0 Å². The Morgan fingerprint density at radius 3 is 2.86 bits per heavy atom. The average Bonchev–Trinajstić information content (AvgIpc) is 3.31. The van der Waals surface area contributed by atoms with Crippen LogP contribution in [0.25, 0.3) is 11.2 Å². The first kappa shape index (κ1) is 23.0. The van der Waals surface area contributed by atoms with Gasteiger partial charge in [0.1, 0.15) is 23.3 Å². The molecule has 6 rings (SSSR count). The molecule has 3 aliphatic rings. The molecule has 190 valence electrons. The lowest BCUT2D eigenvalue weighted by atomic mass is 9.89. The molecule has 2 saturated carbocycles. The molecular formula is C25H31N7O4. The van der Waals surface area contributed by atoms with Crippen LogP contribution in [0.2, 0.25) is 0 Å². The molecule has 11 heteroatoms. The van der Waals surface area contributed by atoms with Crippen molar-refractivity contribution in [3.63, 3.8) is 0 Å². The van der Waals surface area contributed by atoms with Gasteiger partial charge in [0.15, 0.2) is 5.65 Å². The molecule has 4 bridgehead atoms. The number of pyridine rings is 2. The van der Waals surface area contributed by atoms with Crippen LogP contribution >= 0.6 is 0 Å². The Labute approximate surface area is 208 Å². The number of hydrogen-bond donors (Lipinski definition) is 3. The van der Waals surface area contributed by atoms with E-state index >= 15 is 0 Å². The van der Waals surface area contributed by atoms with E-state index in [-0.39, 0.29) is 35.9 Å². The number of carbonyl (C=O) groups is 1. The third-order valence-electron chi connectivity index (χ3n) is 7.66. The number of aromatic nitrogens is 4. The van der Waals surface area contributed by atoms with Crippen LogP contribution in [0.15, 0.2) is 29.5 Å². The first-order valence-electron chi connectivity index (χ1n) is 12.6. The Morgan fingerprint density at radius 1 is 1.19 bits per heavy atom. The van der Waals surface area contributed by atoms with E-state index in [0.29, 0.717) is 35.0 Å². The van der Waals surface area contributed by atoms with Crippen LogP contribution in [-0.4, -0.2) is 57.5 Å². The van der Waals surface area contributed by atoms with Gasteiger partial charge in [-0.2, -0.15) is 0 Å². The minimum absolute atomic E-state index is 0.0519. The molecule has 0 aromatic carbocycles. The molecule has 2 aliphatic carbocycles. The Kier molecular flexibility index (Phi) is 5.88. The fraction of sp³-hybridized carbons (Fsp3) is 0.520. The zero-order chi connectivity index (χ0) is 24.8. The van der Waals surface area contributed by atoms with Crippen molar-refractivity contribution in [2.24, 2.45) is 0 Å². The summed E-state index contributed by atoms with van der Waals surface area (Å²) in [5, 5.41) is 9.41. The fourth-order valence-corrected chi connectivity index (χ4v) is 5.48. The van der Waals surface area contributed by atoms with E-state index in [1.165, 1.54) is 10.9 Å². The summed E-state index contributed by atoms with van der Waals surface area (Å²) in [6.07, 6.45) is 8.89. The standard InChI is InChI=1S/C25H31N7O4/c1-26-18-10-21-28-19-8-14(11-31(24(19)33)15-4-3-5-16(9-15)35-2)12-36-20-7-6-17(20)29-25(34)32-13-27-22(18)23(32)30-21/h8,10-11,13,15-17,20H,3-7,9,12H2,1-2H3,(H,29,34)(H2,26,28,30)/t15-,16+,17+,20+/m0/s1. The molecule has 4 atom stereocenters. The summed E-state index contributed by atoms with van der Waals surface area (Å²) in [5.41, 5.74) is 2.88. The lowest BCUT2D eigenvalue weighted by Crippen LogP contribution is -2.52. The Bertz CT molecular complexity index is 1370. The van der Waals surface area contributed by atoms with Crippen LogP contribution < -0.4 is 21.5 Å². The van der Waals surface area contributed by atoms with Gasteiger partial charge in [0.2, 0.25) is 0 Å². The summed E-state index contributed by atoms with van der Waals surface area (Å²) in [6, 6.07) is 3.30. The summed E-state index contributed by atoms with van der Waals surface area (Å²) < 4.78 is 15.1. The predicted octanol–water partition coefficient (Wildman–Crippen LogP) is 3.13. The molecular weight excluding hydrogens is 462 g/mol. The molecule has 3 N–H and O–H groups in total. The van der Waals surface area contributed by atoms with Crippen molar-refractivity contribution < 1.29 is 14.3 Å². The third kappa shape index (κ3) is 4.01. The summed E-state index contributed by atoms with van der Waals surface area (Å²) >= 11 is 0. The van der Waals surface area contributed by atoms with E-state index in [0.717, 1.165) is 44.1 Å². The van der Waals surface area contributed by atoms with E-state index in [9.17, 15) is 9.59 Å². The molecule has 2 fully saturated rings. The van der Waals surface area contributed by atoms with Crippen LogP contribution in [-0.2, 0) is 16.1 Å². The van der Waals surface area contributed by atoms with E-state index < -0.39 is 0 Å².